The number of nitriles is 2. The summed E-state index contributed by atoms with van der Waals surface area (Å²) < 4.78 is 0. The van der Waals surface area contributed by atoms with Crippen LogP contribution in [0.1, 0.15) is 92.4 Å². The third kappa shape index (κ3) is 2.57. The largest absolute Gasteiger partial charge is 0.295 e. The zero-order valence-corrected chi connectivity index (χ0v) is 22.0. The van der Waals surface area contributed by atoms with E-state index in [9.17, 15) is 20.1 Å². The Kier molecular flexibility index (Phi) is 4.35. The average Bonchev–Trinajstić information content (AvgIpc) is 3.59. The summed E-state index contributed by atoms with van der Waals surface area (Å²) in [7, 11) is 0. The molecule has 0 aromatic rings. The normalized spacial score (nSPS) is 48.7. The minimum atomic E-state index is -0.443. The molecule has 6 aliphatic rings. The standard InChI is InChI=1S/C31H38N2O2/c1-26(2)8-10-30(18-33)11-9-29(5)24(20(30)16-26)21(34)14-23-27(3)15-19(17-32)25(35)31(12-13-31)22(27)6-7-28(23,29)4/h14-15,20,22,24H,6-13,16H2,1-5H3/t20-,22+,24-,27-,28+,29+,30+/m0/s1. The van der Waals surface area contributed by atoms with E-state index in [-0.39, 0.29) is 51.0 Å². The average molecular weight is 471 g/mol. The Morgan fingerprint density at radius 2 is 1.60 bits per heavy atom. The van der Waals surface area contributed by atoms with E-state index in [0.717, 1.165) is 63.4 Å². The molecule has 35 heavy (non-hydrogen) atoms. The van der Waals surface area contributed by atoms with Crippen LogP contribution in [0.5, 0.6) is 0 Å². The van der Waals surface area contributed by atoms with Crippen molar-refractivity contribution in [1.82, 2.24) is 0 Å². The molecule has 0 aliphatic heterocycles. The van der Waals surface area contributed by atoms with Crippen molar-refractivity contribution in [2.45, 2.75) is 92.4 Å². The first-order valence-electron chi connectivity index (χ1n) is 13.7. The van der Waals surface area contributed by atoms with Gasteiger partial charge in [0.25, 0.3) is 0 Å². The van der Waals surface area contributed by atoms with Crippen LogP contribution in [0.25, 0.3) is 0 Å². The molecular weight excluding hydrogens is 432 g/mol. The zero-order valence-electron chi connectivity index (χ0n) is 22.0. The van der Waals surface area contributed by atoms with Crippen LogP contribution in [0.2, 0.25) is 0 Å². The highest BCUT2D eigenvalue weighted by Crippen LogP contribution is 2.76. The predicted octanol–water partition coefficient (Wildman–Crippen LogP) is 6.48. The Labute approximate surface area is 209 Å². The van der Waals surface area contributed by atoms with Crippen molar-refractivity contribution in [2.75, 3.05) is 0 Å². The monoisotopic (exact) mass is 470 g/mol. The lowest BCUT2D eigenvalue weighted by Gasteiger charge is -2.68. The molecule has 0 heterocycles. The molecule has 0 N–H and O–H groups in total. The summed E-state index contributed by atoms with van der Waals surface area (Å²) in [5, 5.41) is 20.3. The van der Waals surface area contributed by atoms with Gasteiger partial charge in [-0.25, -0.2) is 0 Å². The third-order valence-electron chi connectivity index (χ3n) is 12.5. The van der Waals surface area contributed by atoms with Crippen molar-refractivity contribution in [2.24, 2.45) is 50.2 Å². The predicted molar refractivity (Wildman–Crippen MR) is 132 cm³/mol. The van der Waals surface area contributed by atoms with Crippen molar-refractivity contribution in [3.05, 3.63) is 23.3 Å². The number of hydrogen-bond acceptors (Lipinski definition) is 4. The lowest BCUT2D eigenvalue weighted by Crippen LogP contribution is -2.64. The molecule has 0 unspecified atom stereocenters. The Balaban J connectivity index is 1.53. The maximum Gasteiger partial charge on any atom is 0.179 e. The minimum absolute atomic E-state index is 0.0406. The number of allylic oxidation sites excluding steroid dienone is 4. The highest BCUT2D eigenvalue weighted by molar-refractivity contribution is 6.06. The topological polar surface area (TPSA) is 81.7 Å². The first-order valence-corrected chi connectivity index (χ1v) is 13.7. The fourth-order valence-electron chi connectivity index (χ4n) is 10.2. The second-order valence-corrected chi connectivity index (χ2v) is 14.5. The van der Waals surface area contributed by atoms with Gasteiger partial charge >= 0.3 is 0 Å². The van der Waals surface area contributed by atoms with Crippen LogP contribution in [0.15, 0.2) is 23.3 Å². The second-order valence-electron chi connectivity index (χ2n) is 14.5. The highest BCUT2D eigenvalue weighted by atomic mass is 16.1. The van der Waals surface area contributed by atoms with E-state index in [0.29, 0.717) is 5.57 Å². The summed E-state index contributed by atoms with van der Waals surface area (Å²) in [6.45, 7) is 11.5. The molecule has 0 aromatic heterocycles. The van der Waals surface area contributed by atoms with Gasteiger partial charge in [-0.1, -0.05) is 46.3 Å². The molecule has 6 rings (SSSR count). The molecule has 6 aliphatic carbocycles. The summed E-state index contributed by atoms with van der Waals surface area (Å²) in [5.41, 5.74) is -0.0305. The molecule has 4 heteroatoms. The summed E-state index contributed by atoms with van der Waals surface area (Å²) in [4.78, 5) is 27.4. The van der Waals surface area contributed by atoms with Gasteiger partial charge in [-0.15, -0.1) is 0 Å². The maximum absolute atomic E-state index is 14.2. The first kappa shape index (κ1) is 23.2. The summed E-state index contributed by atoms with van der Waals surface area (Å²) >= 11 is 0. The molecule has 0 bridgehead atoms. The smallest absolute Gasteiger partial charge is 0.179 e. The fourth-order valence-corrected chi connectivity index (χ4v) is 10.2. The molecule has 0 radical (unpaired) electrons. The van der Waals surface area contributed by atoms with Gasteiger partial charge < -0.3 is 0 Å². The summed E-state index contributed by atoms with van der Waals surface area (Å²) in [6.07, 6.45) is 12.2. The number of carbonyl (C=O) groups is 2. The second kappa shape index (κ2) is 6.56. The molecule has 1 spiro atoms. The van der Waals surface area contributed by atoms with Crippen LogP contribution in [-0.4, -0.2) is 11.6 Å². The molecule has 184 valence electrons. The Hall–Kier alpha value is -2.20. The number of ketones is 2. The molecular formula is C31H38N2O2. The third-order valence-corrected chi connectivity index (χ3v) is 12.5. The number of hydrogen-bond donors (Lipinski definition) is 0. The van der Waals surface area contributed by atoms with E-state index >= 15 is 0 Å². The zero-order chi connectivity index (χ0) is 25.2. The summed E-state index contributed by atoms with van der Waals surface area (Å²) in [5.74, 6) is 0.359. The molecule has 0 saturated heterocycles. The molecule has 7 atom stereocenters. The molecule has 4 nitrogen and oxygen atoms in total. The van der Waals surface area contributed by atoms with Gasteiger partial charge in [-0.3, -0.25) is 9.59 Å². The van der Waals surface area contributed by atoms with Gasteiger partial charge in [0.05, 0.1) is 17.1 Å². The number of rotatable bonds is 0. The van der Waals surface area contributed by atoms with Gasteiger partial charge in [0.1, 0.15) is 6.07 Å². The maximum atomic E-state index is 14.2. The van der Waals surface area contributed by atoms with Gasteiger partial charge in [-0.2, -0.15) is 10.5 Å². The van der Waals surface area contributed by atoms with Crippen LogP contribution < -0.4 is 0 Å². The van der Waals surface area contributed by atoms with Crippen LogP contribution in [0, 0.1) is 72.9 Å². The number of Topliss-reactive ketones (excluding diaryl/α,β-unsaturated/α-hetero) is 1. The van der Waals surface area contributed by atoms with E-state index in [4.69, 9.17) is 0 Å². The Bertz CT molecular complexity index is 1210. The van der Waals surface area contributed by atoms with Crippen LogP contribution in [0.4, 0.5) is 0 Å². The van der Waals surface area contributed by atoms with Crippen molar-refractivity contribution in [3.8, 4) is 12.1 Å². The molecule has 4 fully saturated rings. The fraction of sp³-hybridized carbons (Fsp3) is 0.742. The van der Waals surface area contributed by atoms with Gasteiger partial charge in [0, 0.05) is 16.7 Å². The summed E-state index contributed by atoms with van der Waals surface area (Å²) in [6, 6.07) is 4.96. The van der Waals surface area contributed by atoms with Crippen LogP contribution in [0.3, 0.4) is 0 Å². The van der Waals surface area contributed by atoms with Crippen LogP contribution >= 0.6 is 0 Å². The van der Waals surface area contributed by atoms with Gasteiger partial charge in [-0.05, 0) is 91.9 Å². The molecule has 0 amide bonds. The van der Waals surface area contributed by atoms with Crippen LogP contribution in [-0.2, 0) is 9.59 Å². The lowest BCUT2D eigenvalue weighted by molar-refractivity contribution is -0.161. The molecule has 0 aromatic carbocycles. The van der Waals surface area contributed by atoms with Crippen molar-refractivity contribution in [3.63, 3.8) is 0 Å². The number of fused-ring (bicyclic) bond motifs is 8. The van der Waals surface area contributed by atoms with Crippen molar-refractivity contribution < 1.29 is 9.59 Å². The van der Waals surface area contributed by atoms with E-state index in [1.807, 2.05) is 12.2 Å². The van der Waals surface area contributed by atoms with E-state index in [1.54, 1.807) is 0 Å². The van der Waals surface area contributed by atoms with Crippen molar-refractivity contribution >= 4 is 11.6 Å². The van der Waals surface area contributed by atoms with E-state index in [2.05, 4.69) is 46.8 Å². The Morgan fingerprint density at radius 3 is 2.23 bits per heavy atom. The van der Waals surface area contributed by atoms with E-state index < -0.39 is 10.8 Å². The SMILES string of the molecule is CC1(C)CC[C@]2(C#N)CC[C@]3(C)[C@H](C(=O)C=C4[C@@]5(C)C=C(C#N)C(=O)C6(CC6)[C@@H]5CC[C@]43C)[C@@H]2C1. The molecule has 4 saturated carbocycles. The van der Waals surface area contributed by atoms with Crippen molar-refractivity contribution in [1.29, 1.82) is 10.5 Å². The highest BCUT2D eigenvalue weighted by Gasteiger charge is 2.72. The lowest BCUT2D eigenvalue weighted by atomic mass is 9.34. The minimum Gasteiger partial charge on any atom is -0.295 e. The van der Waals surface area contributed by atoms with Gasteiger partial charge in [0.15, 0.2) is 11.6 Å². The number of nitrogens with zero attached hydrogens (tertiary/aromatic N) is 2. The Morgan fingerprint density at radius 1 is 0.914 bits per heavy atom. The quantitative estimate of drug-likeness (QED) is 0.405. The van der Waals surface area contributed by atoms with Gasteiger partial charge in [0.2, 0.25) is 0 Å². The first-order chi connectivity index (χ1) is 16.3. The van der Waals surface area contributed by atoms with E-state index in [1.165, 1.54) is 0 Å². The number of carbonyl (C=O) groups excluding carboxylic acids is 2.